The second-order valence-corrected chi connectivity index (χ2v) is 9.02. The summed E-state index contributed by atoms with van der Waals surface area (Å²) in [5.74, 6) is 0.181. The molecule has 0 unspecified atom stereocenters. The highest BCUT2D eigenvalue weighted by atomic mass is 79.9. The van der Waals surface area contributed by atoms with Crippen molar-refractivity contribution < 1.29 is 13.2 Å². The van der Waals surface area contributed by atoms with Crippen molar-refractivity contribution in [3.8, 4) is 0 Å². The van der Waals surface area contributed by atoms with Gasteiger partial charge < -0.3 is 4.90 Å². The van der Waals surface area contributed by atoms with Gasteiger partial charge in [0, 0.05) is 35.0 Å². The fourth-order valence-corrected chi connectivity index (χ4v) is 5.34. The maximum absolute atomic E-state index is 12.3. The SMILES string of the molecule is O=C1CCCCCN1CCCNS(=O)(=O)c1ccc(Br)cc1Br. The fraction of sp³-hybridized carbons (Fsp3) is 0.533. The van der Waals surface area contributed by atoms with E-state index >= 15 is 0 Å². The van der Waals surface area contributed by atoms with E-state index in [0.717, 1.165) is 30.3 Å². The Labute approximate surface area is 154 Å². The zero-order chi connectivity index (χ0) is 16.9. The van der Waals surface area contributed by atoms with Crippen LogP contribution in [0.25, 0.3) is 0 Å². The fourth-order valence-electron chi connectivity index (χ4n) is 2.52. The first-order valence-corrected chi connectivity index (χ1v) is 10.7. The van der Waals surface area contributed by atoms with Gasteiger partial charge in [-0.2, -0.15) is 0 Å². The van der Waals surface area contributed by atoms with Gasteiger partial charge in [0.15, 0.2) is 0 Å². The first kappa shape index (κ1) is 18.9. The van der Waals surface area contributed by atoms with E-state index in [9.17, 15) is 13.2 Å². The van der Waals surface area contributed by atoms with Gasteiger partial charge in [0.1, 0.15) is 0 Å². The van der Waals surface area contributed by atoms with E-state index in [4.69, 9.17) is 0 Å². The van der Waals surface area contributed by atoms with Crippen LogP contribution in [0.5, 0.6) is 0 Å². The first-order valence-electron chi connectivity index (χ1n) is 7.62. The van der Waals surface area contributed by atoms with Gasteiger partial charge in [0.05, 0.1) is 4.90 Å². The highest BCUT2D eigenvalue weighted by Gasteiger charge is 2.19. The molecule has 0 aromatic heterocycles. The number of hydrogen-bond donors (Lipinski definition) is 1. The molecule has 0 radical (unpaired) electrons. The Morgan fingerprint density at radius 1 is 1.17 bits per heavy atom. The molecule has 1 saturated heterocycles. The lowest BCUT2D eigenvalue weighted by Gasteiger charge is -2.20. The van der Waals surface area contributed by atoms with Crippen LogP contribution in [-0.2, 0) is 14.8 Å². The number of nitrogens with one attached hydrogen (secondary N) is 1. The highest BCUT2D eigenvalue weighted by molar-refractivity contribution is 9.11. The number of sulfonamides is 1. The Morgan fingerprint density at radius 3 is 2.70 bits per heavy atom. The van der Waals surface area contributed by atoms with Crippen LogP contribution >= 0.6 is 31.9 Å². The van der Waals surface area contributed by atoms with Gasteiger partial charge in [-0.3, -0.25) is 4.79 Å². The summed E-state index contributed by atoms with van der Waals surface area (Å²) in [4.78, 5) is 13.9. The molecule has 0 aliphatic carbocycles. The predicted molar refractivity (Wildman–Crippen MR) is 96.7 cm³/mol. The number of amides is 1. The molecule has 1 N–H and O–H groups in total. The molecule has 8 heteroatoms. The third-order valence-corrected chi connectivity index (χ3v) is 6.68. The van der Waals surface area contributed by atoms with Gasteiger partial charge in [-0.05, 0) is 53.4 Å². The molecule has 1 fully saturated rings. The Bertz CT molecular complexity index is 665. The average molecular weight is 468 g/mol. The summed E-state index contributed by atoms with van der Waals surface area (Å²) in [5, 5.41) is 0. The zero-order valence-corrected chi connectivity index (χ0v) is 16.7. The Balaban J connectivity index is 1.86. The molecule has 0 spiro atoms. The molecule has 128 valence electrons. The van der Waals surface area contributed by atoms with Crippen LogP contribution in [0.2, 0.25) is 0 Å². The second kappa shape index (κ2) is 8.60. The summed E-state index contributed by atoms with van der Waals surface area (Å²) < 4.78 is 28.5. The van der Waals surface area contributed by atoms with E-state index in [1.54, 1.807) is 18.2 Å². The first-order chi connectivity index (χ1) is 10.9. The van der Waals surface area contributed by atoms with Crippen molar-refractivity contribution in [2.24, 2.45) is 0 Å². The standard InChI is InChI=1S/C15H20Br2N2O3S/c16-12-6-7-14(13(17)11-12)23(21,22)18-8-4-10-19-9-3-1-2-5-15(19)20/h6-7,11,18H,1-5,8-10H2. The molecule has 1 heterocycles. The normalized spacial score (nSPS) is 16.4. The Kier molecular flexibility index (Phi) is 7.06. The van der Waals surface area contributed by atoms with Crippen LogP contribution < -0.4 is 4.72 Å². The number of benzene rings is 1. The lowest BCUT2D eigenvalue weighted by atomic mass is 10.2. The molecule has 0 bridgehead atoms. The van der Waals surface area contributed by atoms with E-state index < -0.39 is 10.0 Å². The summed E-state index contributed by atoms with van der Waals surface area (Å²) in [6, 6.07) is 4.94. The molecular weight excluding hydrogens is 448 g/mol. The lowest BCUT2D eigenvalue weighted by Crippen LogP contribution is -2.34. The van der Waals surface area contributed by atoms with Gasteiger partial charge in [-0.25, -0.2) is 13.1 Å². The van der Waals surface area contributed by atoms with Crippen LogP contribution in [0.4, 0.5) is 0 Å². The molecule has 0 atom stereocenters. The minimum absolute atomic E-state index is 0.181. The summed E-state index contributed by atoms with van der Waals surface area (Å²) in [6.45, 7) is 1.70. The minimum Gasteiger partial charge on any atom is -0.343 e. The van der Waals surface area contributed by atoms with Crippen molar-refractivity contribution in [2.45, 2.75) is 37.0 Å². The molecular formula is C15H20Br2N2O3S. The third-order valence-electron chi connectivity index (χ3n) is 3.75. The molecule has 1 aliphatic heterocycles. The van der Waals surface area contributed by atoms with Gasteiger partial charge in [0.2, 0.25) is 15.9 Å². The van der Waals surface area contributed by atoms with Crippen LogP contribution in [0.1, 0.15) is 32.1 Å². The molecule has 1 amide bonds. The number of nitrogens with zero attached hydrogens (tertiary/aromatic N) is 1. The zero-order valence-electron chi connectivity index (χ0n) is 12.7. The number of carbonyl (C=O) groups excluding carboxylic acids is 1. The third kappa shape index (κ3) is 5.55. The predicted octanol–water partition coefficient (Wildman–Crippen LogP) is 3.28. The minimum atomic E-state index is -3.55. The van der Waals surface area contributed by atoms with Gasteiger partial charge in [-0.15, -0.1) is 0 Å². The molecule has 2 rings (SSSR count). The van der Waals surface area contributed by atoms with Crippen molar-refractivity contribution in [2.75, 3.05) is 19.6 Å². The topological polar surface area (TPSA) is 66.5 Å². The van der Waals surface area contributed by atoms with Crippen LogP contribution in [-0.4, -0.2) is 38.9 Å². The van der Waals surface area contributed by atoms with E-state index in [0.29, 0.717) is 30.4 Å². The molecule has 0 saturated carbocycles. The largest absolute Gasteiger partial charge is 0.343 e. The maximum Gasteiger partial charge on any atom is 0.241 e. The van der Waals surface area contributed by atoms with E-state index in [1.165, 1.54) is 0 Å². The van der Waals surface area contributed by atoms with Crippen LogP contribution in [0.3, 0.4) is 0 Å². The average Bonchev–Trinajstić information content (AvgIpc) is 2.68. The Hall–Kier alpha value is -0.440. The highest BCUT2D eigenvalue weighted by Crippen LogP contribution is 2.25. The Morgan fingerprint density at radius 2 is 1.96 bits per heavy atom. The summed E-state index contributed by atoms with van der Waals surface area (Å²) >= 11 is 6.57. The van der Waals surface area contributed by atoms with Gasteiger partial charge in [-0.1, -0.05) is 22.4 Å². The van der Waals surface area contributed by atoms with E-state index in [-0.39, 0.29) is 10.8 Å². The van der Waals surface area contributed by atoms with E-state index in [2.05, 4.69) is 36.6 Å². The molecule has 23 heavy (non-hydrogen) atoms. The second-order valence-electron chi connectivity index (χ2n) is 5.52. The van der Waals surface area contributed by atoms with Crippen molar-refractivity contribution in [1.82, 2.24) is 9.62 Å². The molecule has 1 aromatic rings. The summed E-state index contributed by atoms with van der Waals surface area (Å²) in [6.07, 6.45) is 4.30. The van der Waals surface area contributed by atoms with Gasteiger partial charge in [0.25, 0.3) is 0 Å². The van der Waals surface area contributed by atoms with Crippen LogP contribution in [0, 0.1) is 0 Å². The molecule has 1 aromatic carbocycles. The smallest absolute Gasteiger partial charge is 0.241 e. The van der Waals surface area contributed by atoms with Crippen molar-refractivity contribution >= 4 is 47.8 Å². The number of likely N-dealkylation sites (tertiary alicyclic amines) is 1. The van der Waals surface area contributed by atoms with Gasteiger partial charge >= 0.3 is 0 Å². The monoisotopic (exact) mass is 466 g/mol. The number of carbonyl (C=O) groups is 1. The number of hydrogen-bond acceptors (Lipinski definition) is 3. The lowest BCUT2D eigenvalue weighted by molar-refractivity contribution is -0.130. The van der Waals surface area contributed by atoms with Crippen molar-refractivity contribution in [3.63, 3.8) is 0 Å². The van der Waals surface area contributed by atoms with E-state index in [1.807, 2.05) is 4.90 Å². The number of halogens is 2. The maximum atomic E-state index is 12.3. The van der Waals surface area contributed by atoms with Crippen molar-refractivity contribution in [3.05, 3.63) is 27.1 Å². The molecule has 5 nitrogen and oxygen atoms in total. The van der Waals surface area contributed by atoms with Crippen molar-refractivity contribution in [1.29, 1.82) is 0 Å². The van der Waals surface area contributed by atoms with Crippen LogP contribution in [0.15, 0.2) is 32.0 Å². The summed E-state index contributed by atoms with van der Waals surface area (Å²) in [5.41, 5.74) is 0. The number of rotatable bonds is 6. The summed E-state index contributed by atoms with van der Waals surface area (Å²) in [7, 11) is -3.55. The molecule has 1 aliphatic rings. The quantitative estimate of drug-likeness (QED) is 0.652.